The minimum atomic E-state index is -2.07. The van der Waals surface area contributed by atoms with E-state index in [1.165, 1.54) is 0 Å². The van der Waals surface area contributed by atoms with Gasteiger partial charge in [0.05, 0.1) is 6.10 Å². The van der Waals surface area contributed by atoms with Gasteiger partial charge in [0.25, 0.3) is 0 Å². The van der Waals surface area contributed by atoms with Crippen LogP contribution in [-0.2, 0) is 14.6 Å². The van der Waals surface area contributed by atoms with Crippen LogP contribution in [-0.4, -0.2) is 20.9 Å². The third-order valence-electron chi connectivity index (χ3n) is 6.75. The summed E-state index contributed by atoms with van der Waals surface area (Å²) in [6, 6.07) is 4.11. The molecule has 0 amide bonds. The number of hydrogen-bond donors (Lipinski definition) is 0. The fourth-order valence-corrected chi connectivity index (χ4v) is 5.29. The summed E-state index contributed by atoms with van der Waals surface area (Å²) in [7, 11) is -2.07. The molecular weight excluding hydrogens is 356 g/mol. The lowest BCUT2D eigenvalue weighted by Crippen LogP contribution is -2.42. The van der Waals surface area contributed by atoms with Crippen molar-refractivity contribution in [2.75, 3.05) is 6.79 Å². The van der Waals surface area contributed by atoms with Gasteiger partial charge in [-0.05, 0) is 59.5 Å². The van der Waals surface area contributed by atoms with Gasteiger partial charge in [-0.15, -0.1) is 6.58 Å². The Balaban J connectivity index is 1.91. The molecule has 0 radical (unpaired) electrons. The SMILES string of the molecule is C=C[C@]12CCC(=O)C=C1[C@@H](O[Si](C)(C)C(C)(C)C)c1cc3c(cc12)OCO3. The summed E-state index contributed by atoms with van der Waals surface area (Å²) >= 11 is 0. The summed E-state index contributed by atoms with van der Waals surface area (Å²) in [5.74, 6) is 1.68. The normalized spacial score (nSPS) is 26.5. The number of hydrogen-bond acceptors (Lipinski definition) is 4. The van der Waals surface area contributed by atoms with Gasteiger partial charge in [0.1, 0.15) is 0 Å². The molecule has 27 heavy (non-hydrogen) atoms. The second-order valence-electron chi connectivity index (χ2n) is 9.29. The summed E-state index contributed by atoms with van der Waals surface area (Å²) in [6.07, 6.45) is 4.80. The van der Waals surface area contributed by atoms with Crippen LogP contribution in [0.15, 0.2) is 36.4 Å². The Kier molecular flexibility index (Phi) is 3.99. The predicted molar refractivity (Wildman–Crippen MR) is 108 cm³/mol. The quantitative estimate of drug-likeness (QED) is 0.530. The molecule has 0 saturated heterocycles. The Labute approximate surface area is 162 Å². The molecular formula is C22H28O4Si. The molecule has 1 aromatic rings. The van der Waals surface area contributed by atoms with Crippen molar-refractivity contribution >= 4 is 14.1 Å². The monoisotopic (exact) mass is 384 g/mol. The summed E-state index contributed by atoms with van der Waals surface area (Å²) < 4.78 is 18.1. The highest BCUT2D eigenvalue weighted by atomic mass is 28.4. The molecule has 144 valence electrons. The van der Waals surface area contributed by atoms with E-state index in [1.807, 2.05) is 12.1 Å². The highest BCUT2D eigenvalue weighted by molar-refractivity contribution is 6.74. The van der Waals surface area contributed by atoms with Gasteiger partial charge in [-0.2, -0.15) is 0 Å². The van der Waals surface area contributed by atoms with Crippen molar-refractivity contribution in [3.05, 3.63) is 47.6 Å². The molecule has 1 aromatic carbocycles. The van der Waals surface area contributed by atoms with Crippen molar-refractivity contribution in [2.45, 2.75) is 63.3 Å². The van der Waals surface area contributed by atoms with Crippen LogP contribution in [0.3, 0.4) is 0 Å². The van der Waals surface area contributed by atoms with Crippen LogP contribution < -0.4 is 9.47 Å². The molecule has 0 N–H and O–H groups in total. The number of rotatable bonds is 3. The van der Waals surface area contributed by atoms with Crippen LogP contribution in [0.2, 0.25) is 18.1 Å². The van der Waals surface area contributed by atoms with Crippen molar-refractivity contribution < 1.29 is 18.7 Å². The molecule has 4 rings (SSSR count). The summed E-state index contributed by atoms with van der Waals surface area (Å²) in [5, 5.41) is 0.0716. The molecule has 0 spiro atoms. The number of carbonyl (C=O) groups excluding carboxylic acids is 1. The van der Waals surface area contributed by atoms with Gasteiger partial charge in [-0.25, -0.2) is 0 Å². The van der Waals surface area contributed by atoms with Crippen LogP contribution in [0.5, 0.6) is 11.5 Å². The van der Waals surface area contributed by atoms with E-state index in [1.54, 1.807) is 6.08 Å². The number of benzene rings is 1. The van der Waals surface area contributed by atoms with E-state index in [2.05, 4.69) is 46.5 Å². The number of allylic oxidation sites excluding steroid dienone is 2. The third-order valence-corrected chi connectivity index (χ3v) is 11.2. The molecule has 2 aliphatic carbocycles. The molecule has 0 saturated carbocycles. The fourth-order valence-electron chi connectivity index (χ4n) is 4.10. The smallest absolute Gasteiger partial charge is 0.231 e. The van der Waals surface area contributed by atoms with Gasteiger partial charge >= 0.3 is 0 Å². The molecule has 0 unspecified atom stereocenters. The highest BCUT2D eigenvalue weighted by Crippen LogP contribution is 2.59. The van der Waals surface area contributed by atoms with Crippen LogP contribution in [0.4, 0.5) is 0 Å². The molecule has 0 aromatic heterocycles. The topological polar surface area (TPSA) is 44.8 Å². The van der Waals surface area contributed by atoms with Crippen LogP contribution in [0.25, 0.3) is 0 Å². The summed E-state index contributed by atoms with van der Waals surface area (Å²) in [4.78, 5) is 12.3. The summed E-state index contributed by atoms with van der Waals surface area (Å²) in [6.45, 7) is 15.6. The van der Waals surface area contributed by atoms with Crippen LogP contribution >= 0.6 is 0 Å². The minimum absolute atomic E-state index is 0.0716. The van der Waals surface area contributed by atoms with Crippen molar-refractivity contribution in [3.8, 4) is 11.5 Å². The van der Waals surface area contributed by atoms with E-state index in [0.29, 0.717) is 6.42 Å². The molecule has 5 heteroatoms. The number of ether oxygens (including phenoxy) is 2. The van der Waals surface area contributed by atoms with Gasteiger partial charge in [0.15, 0.2) is 25.6 Å². The van der Waals surface area contributed by atoms with Crippen LogP contribution in [0, 0.1) is 0 Å². The fraction of sp³-hybridized carbons (Fsp3) is 0.500. The molecule has 1 aliphatic heterocycles. The van der Waals surface area contributed by atoms with Gasteiger partial charge in [-0.1, -0.05) is 26.8 Å². The number of fused-ring (bicyclic) bond motifs is 4. The first-order valence-electron chi connectivity index (χ1n) is 9.59. The van der Waals surface area contributed by atoms with E-state index in [-0.39, 0.29) is 29.1 Å². The third kappa shape index (κ3) is 2.63. The molecule has 0 bridgehead atoms. The van der Waals surface area contributed by atoms with Crippen molar-refractivity contribution in [3.63, 3.8) is 0 Å². The minimum Gasteiger partial charge on any atom is -0.454 e. The Morgan fingerprint density at radius 3 is 2.56 bits per heavy atom. The lowest BCUT2D eigenvalue weighted by atomic mass is 9.71. The zero-order valence-corrected chi connectivity index (χ0v) is 17.8. The maximum atomic E-state index is 12.3. The first kappa shape index (κ1) is 18.5. The second kappa shape index (κ2) is 5.82. The summed E-state index contributed by atoms with van der Waals surface area (Å²) in [5.41, 5.74) is 2.89. The van der Waals surface area contributed by atoms with Crippen LogP contribution in [0.1, 0.15) is 50.8 Å². The number of ketones is 1. The molecule has 4 nitrogen and oxygen atoms in total. The Morgan fingerprint density at radius 1 is 1.26 bits per heavy atom. The number of carbonyl (C=O) groups is 1. The van der Waals surface area contributed by atoms with E-state index in [4.69, 9.17) is 13.9 Å². The van der Waals surface area contributed by atoms with Crippen molar-refractivity contribution in [1.82, 2.24) is 0 Å². The Bertz CT molecular complexity index is 862. The molecule has 2 atom stereocenters. The van der Waals surface area contributed by atoms with Gasteiger partial charge in [0.2, 0.25) is 6.79 Å². The molecule has 1 heterocycles. The lowest BCUT2D eigenvalue weighted by molar-refractivity contribution is -0.115. The average Bonchev–Trinajstić information content (AvgIpc) is 3.14. The highest BCUT2D eigenvalue weighted by Gasteiger charge is 2.52. The zero-order chi connectivity index (χ0) is 19.6. The second-order valence-corrected chi connectivity index (χ2v) is 14.0. The van der Waals surface area contributed by atoms with Crippen molar-refractivity contribution in [2.24, 2.45) is 0 Å². The lowest BCUT2D eigenvalue weighted by Gasteiger charge is -2.40. The maximum Gasteiger partial charge on any atom is 0.231 e. The van der Waals surface area contributed by atoms with Crippen molar-refractivity contribution in [1.29, 1.82) is 0 Å². The zero-order valence-electron chi connectivity index (χ0n) is 16.8. The predicted octanol–water partition coefficient (Wildman–Crippen LogP) is 5.20. The largest absolute Gasteiger partial charge is 0.454 e. The van der Waals surface area contributed by atoms with E-state index in [9.17, 15) is 4.79 Å². The van der Waals surface area contributed by atoms with Gasteiger partial charge in [0, 0.05) is 11.8 Å². The van der Waals surface area contributed by atoms with Gasteiger partial charge in [-0.3, -0.25) is 4.79 Å². The molecule has 0 fully saturated rings. The standard InChI is InChI=1S/C22H28O4Si/c1-7-22-9-8-14(23)10-17(22)20(26-27(5,6)21(2,3)4)15-11-18-19(12-16(15)22)25-13-24-18/h7,10-12,20H,1,8-9,13H2,2-6H3/t20-,22+/m0/s1. The maximum absolute atomic E-state index is 12.3. The Morgan fingerprint density at radius 2 is 1.93 bits per heavy atom. The first-order chi connectivity index (χ1) is 12.6. The molecule has 3 aliphatic rings. The van der Waals surface area contributed by atoms with Gasteiger partial charge < -0.3 is 13.9 Å². The van der Waals surface area contributed by atoms with E-state index in [0.717, 1.165) is 34.6 Å². The van der Waals surface area contributed by atoms with E-state index < -0.39 is 8.32 Å². The first-order valence-corrected chi connectivity index (χ1v) is 12.5. The Hall–Kier alpha value is -1.85. The average molecular weight is 385 g/mol. The van der Waals surface area contributed by atoms with E-state index >= 15 is 0 Å².